The maximum absolute atomic E-state index is 13.9. The van der Waals surface area contributed by atoms with Gasteiger partial charge in [0.15, 0.2) is 11.5 Å². The fourth-order valence-electron chi connectivity index (χ4n) is 6.62. The Morgan fingerprint density at radius 3 is 2.37 bits per heavy atom. The van der Waals surface area contributed by atoms with Gasteiger partial charge in [0.05, 0.1) is 5.69 Å². The lowest BCUT2D eigenvalue weighted by Gasteiger charge is -2.24. The number of pyridine rings is 1. The molecule has 2 aromatic carbocycles. The summed E-state index contributed by atoms with van der Waals surface area (Å²) in [7, 11) is 0. The van der Waals surface area contributed by atoms with Crippen molar-refractivity contribution < 1.29 is 14.3 Å². The molecule has 2 fully saturated rings. The summed E-state index contributed by atoms with van der Waals surface area (Å²) in [5.41, 5.74) is 6.90. The molecule has 3 aromatic heterocycles. The Balaban J connectivity index is 1.27. The van der Waals surface area contributed by atoms with E-state index in [1.165, 1.54) is 17.7 Å². The molecule has 0 bridgehead atoms. The first-order chi connectivity index (χ1) is 20.8. The molecule has 2 aliphatic heterocycles. The molecule has 5 heterocycles. The standard InChI is InChI=1S/C33H32FN7O2/c1-20-21(2)32(40-18-25-16-39(17-26(25)19-40)15-22-6-4-3-5-7-22)38-41-30(24-12-13-35-28(14-24)36-33(42)43)29(37-31(20)41)23-8-10-27(34)11-9-23/h3-14,25-26H,15-19H2,1-2H3,(H,35,36)(H,42,43). The van der Waals surface area contributed by atoms with Gasteiger partial charge in [-0.15, -0.1) is 5.10 Å². The average Bonchev–Trinajstić information content (AvgIpc) is 3.67. The molecule has 43 heavy (non-hydrogen) atoms. The smallest absolute Gasteiger partial charge is 0.410 e. The van der Waals surface area contributed by atoms with E-state index < -0.39 is 6.09 Å². The number of fused-ring (bicyclic) bond motifs is 2. The molecule has 10 heteroatoms. The molecular formula is C33H32FN7O2. The Hall–Kier alpha value is -4.83. The maximum Gasteiger partial charge on any atom is 0.410 e. The summed E-state index contributed by atoms with van der Waals surface area (Å²) in [4.78, 5) is 25.5. The molecule has 0 aliphatic carbocycles. The van der Waals surface area contributed by atoms with Crippen molar-refractivity contribution in [3.8, 4) is 22.5 Å². The van der Waals surface area contributed by atoms with E-state index in [0.717, 1.165) is 55.2 Å². The Labute approximate surface area is 248 Å². The van der Waals surface area contributed by atoms with Crippen LogP contribution in [0.15, 0.2) is 72.9 Å². The van der Waals surface area contributed by atoms with E-state index in [-0.39, 0.29) is 11.6 Å². The van der Waals surface area contributed by atoms with Crippen LogP contribution in [0, 0.1) is 31.5 Å². The summed E-state index contributed by atoms with van der Waals surface area (Å²) in [5.74, 6) is 1.93. The first-order valence-corrected chi connectivity index (χ1v) is 14.5. The molecule has 2 aliphatic rings. The van der Waals surface area contributed by atoms with E-state index in [2.05, 4.69) is 64.3 Å². The van der Waals surface area contributed by atoms with Crippen molar-refractivity contribution in [1.29, 1.82) is 0 Å². The van der Waals surface area contributed by atoms with Crippen LogP contribution in [-0.2, 0) is 6.54 Å². The van der Waals surface area contributed by atoms with Crippen molar-refractivity contribution >= 4 is 23.4 Å². The SMILES string of the molecule is Cc1c(N2CC3CN(Cc4ccccc4)CC3C2)nn2c(-c3ccnc(NC(=O)O)c3)c(-c3ccc(F)cc3)nc2c1C. The quantitative estimate of drug-likeness (QED) is 0.260. The minimum absolute atomic E-state index is 0.196. The topological polar surface area (TPSA) is 98.9 Å². The predicted octanol–water partition coefficient (Wildman–Crippen LogP) is 5.87. The highest BCUT2D eigenvalue weighted by molar-refractivity contribution is 5.86. The van der Waals surface area contributed by atoms with Crippen molar-refractivity contribution in [2.24, 2.45) is 11.8 Å². The van der Waals surface area contributed by atoms with Gasteiger partial charge in [-0.2, -0.15) is 0 Å². The molecule has 2 saturated heterocycles. The van der Waals surface area contributed by atoms with Crippen LogP contribution < -0.4 is 10.2 Å². The number of amides is 1. The summed E-state index contributed by atoms with van der Waals surface area (Å²) in [6.07, 6.45) is 0.356. The number of nitrogens with one attached hydrogen (secondary N) is 1. The van der Waals surface area contributed by atoms with Crippen LogP contribution in [0.25, 0.3) is 28.2 Å². The number of likely N-dealkylation sites (tertiary alicyclic amines) is 1. The van der Waals surface area contributed by atoms with Crippen LogP contribution >= 0.6 is 0 Å². The number of hydrogen-bond donors (Lipinski definition) is 2. The summed E-state index contributed by atoms with van der Waals surface area (Å²) in [6.45, 7) is 9.14. The van der Waals surface area contributed by atoms with E-state index >= 15 is 0 Å². The first kappa shape index (κ1) is 27.0. The normalized spacial score (nSPS) is 18.3. The third kappa shape index (κ3) is 5.08. The third-order valence-corrected chi connectivity index (χ3v) is 8.78. The van der Waals surface area contributed by atoms with Crippen molar-refractivity contribution in [1.82, 2.24) is 24.5 Å². The third-order valence-electron chi connectivity index (χ3n) is 8.78. The lowest BCUT2D eigenvalue weighted by molar-refractivity contribution is 0.209. The van der Waals surface area contributed by atoms with E-state index in [0.29, 0.717) is 34.4 Å². The van der Waals surface area contributed by atoms with E-state index in [1.54, 1.807) is 24.4 Å². The largest absolute Gasteiger partial charge is 0.465 e. The van der Waals surface area contributed by atoms with E-state index in [9.17, 15) is 14.3 Å². The van der Waals surface area contributed by atoms with Crippen LogP contribution in [0.5, 0.6) is 0 Å². The van der Waals surface area contributed by atoms with Gasteiger partial charge in [0.1, 0.15) is 17.3 Å². The molecular weight excluding hydrogens is 545 g/mol. The van der Waals surface area contributed by atoms with Gasteiger partial charge in [-0.25, -0.2) is 23.7 Å². The van der Waals surface area contributed by atoms with Gasteiger partial charge in [-0.1, -0.05) is 30.3 Å². The number of halogens is 1. The van der Waals surface area contributed by atoms with Gasteiger partial charge in [0.25, 0.3) is 0 Å². The highest BCUT2D eigenvalue weighted by Gasteiger charge is 2.41. The molecule has 9 nitrogen and oxygen atoms in total. The molecule has 218 valence electrons. The van der Waals surface area contributed by atoms with Crippen molar-refractivity contribution in [2.45, 2.75) is 20.4 Å². The van der Waals surface area contributed by atoms with Gasteiger partial charge in [-0.3, -0.25) is 10.2 Å². The average molecular weight is 578 g/mol. The summed E-state index contributed by atoms with van der Waals surface area (Å²) in [6, 6.07) is 20.3. The summed E-state index contributed by atoms with van der Waals surface area (Å²) < 4.78 is 15.7. The Morgan fingerprint density at radius 2 is 1.67 bits per heavy atom. The number of carbonyl (C=O) groups is 1. The van der Waals surface area contributed by atoms with Crippen molar-refractivity contribution in [2.75, 3.05) is 36.4 Å². The lowest BCUT2D eigenvalue weighted by Crippen LogP contribution is -2.30. The second-order valence-electron chi connectivity index (χ2n) is 11.6. The van der Waals surface area contributed by atoms with Crippen LogP contribution in [0.3, 0.4) is 0 Å². The second-order valence-corrected chi connectivity index (χ2v) is 11.6. The highest BCUT2D eigenvalue weighted by Crippen LogP contribution is 2.39. The molecule has 2 N–H and O–H groups in total. The Bertz CT molecular complexity index is 1810. The Morgan fingerprint density at radius 1 is 0.953 bits per heavy atom. The Kier molecular flexibility index (Phi) is 6.78. The molecule has 2 unspecified atom stereocenters. The molecule has 7 rings (SSSR count). The molecule has 2 atom stereocenters. The first-order valence-electron chi connectivity index (χ1n) is 14.5. The highest BCUT2D eigenvalue weighted by atomic mass is 19.1. The summed E-state index contributed by atoms with van der Waals surface area (Å²) in [5, 5.41) is 16.8. The van der Waals surface area contributed by atoms with Gasteiger partial charge in [0, 0.05) is 61.2 Å². The van der Waals surface area contributed by atoms with Gasteiger partial charge in [0.2, 0.25) is 0 Å². The zero-order valence-electron chi connectivity index (χ0n) is 24.0. The number of anilines is 2. The fraction of sp³-hybridized carbons (Fsp3) is 0.273. The number of aryl methyl sites for hydroxylation is 1. The van der Waals surface area contributed by atoms with Crippen molar-refractivity contribution in [3.05, 3.63) is 95.4 Å². The molecule has 5 aromatic rings. The van der Waals surface area contributed by atoms with Crippen LogP contribution in [0.2, 0.25) is 0 Å². The van der Waals surface area contributed by atoms with Gasteiger partial charge >= 0.3 is 6.09 Å². The maximum atomic E-state index is 13.9. The zero-order chi connectivity index (χ0) is 29.7. The number of nitrogens with zero attached hydrogens (tertiary/aromatic N) is 6. The predicted molar refractivity (Wildman–Crippen MR) is 164 cm³/mol. The fourth-order valence-corrected chi connectivity index (χ4v) is 6.62. The van der Waals surface area contributed by atoms with Gasteiger partial charge in [-0.05, 0) is 67.6 Å². The number of imidazole rings is 1. The van der Waals surface area contributed by atoms with Crippen LogP contribution in [0.4, 0.5) is 20.8 Å². The number of carboxylic acid groups (broad SMARTS) is 1. The monoisotopic (exact) mass is 577 g/mol. The van der Waals surface area contributed by atoms with E-state index in [4.69, 9.17) is 10.1 Å². The molecule has 0 saturated carbocycles. The molecule has 0 radical (unpaired) electrons. The zero-order valence-corrected chi connectivity index (χ0v) is 24.0. The second kappa shape index (κ2) is 10.8. The van der Waals surface area contributed by atoms with E-state index in [1.807, 2.05) is 10.6 Å². The minimum atomic E-state index is -1.20. The molecule has 0 spiro atoms. The number of aromatic nitrogens is 4. The number of rotatable bonds is 6. The van der Waals surface area contributed by atoms with Crippen LogP contribution in [0.1, 0.15) is 16.7 Å². The minimum Gasteiger partial charge on any atom is -0.465 e. The van der Waals surface area contributed by atoms with Crippen molar-refractivity contribution in [3.63, 3.8) is 0 Å². The summed E-state index contributed by atoms with van der Waals surface area (Å²) >= 11 is 0. The lowest BCUT2D eigenvalue weighted by atomic mass is 10.0. The van der Waals surface area contributed by atoms with Gasteiger partial charge < -0.3 is 10.0 Å². The molecule has 1 amide bonds. The van der Waals surface area contributed by atoms with Crippen LogP contribution in [-0.4, -0.2) is 61.9 Å². The number of benzene rings is 2. The number of hydrogen-bond acceptors (Lipinski definition) is 6.